The number of hydrogen-bond donors (Lipinski definition) is 1. The van der Waals surface area contributed by atoms with Crippen LogP contribution in [0.5, 0.6) is 11.5 Å². The topological polar surface area (TPSA) is 54.8 Å². The maximum absolute atomic E-state index is 9.60. The van der Waals surface area contributed by atoms with Gasteiger partial charge in [-0.2, -0.15) is 0 Å². The molecule has 0 unspecified atom stereocenters. The SMILES string of the molecule is COc1cc(CN2CCC(O)CC2)ccc1OCc1ccncc1. The molecule has 3 rings (SSSR count). The van der Waals surface area contributed by atoms with E-state index in [1.54, 1.807) is 19.5 Å². The number of pyridine rings is 1. The van der Waals surface area contributed by atoms with Crippen molar-refractivity contribution >= 4 is 0 Å². The number of benzene rings is 1. The summed E-state index contributed by atoms with van der Waals surface area (Å²) in [6.07, 6.45) is 5.08. The number of aromatic nitrogens is 1. The maximum atomic E-state index is 9.60. The third kappa shape index (κ3) is 4.46. The van der Waals surface area contributed by atoms with Crippen molar-refractivity contribution in [2.75, 3.05) is 20.2 Å². The highest BCUT2D eigenvalue weighted by molar-refractivity contribution is 5.43. The predicted molar refractivity (Wildman–Crippen MR) is 92.1 cm³/mol. The third-order valence-electron chi connectivity index (χ3n) is 4.34. The molecular formula is C19H24N2O3. The molecule has 0 spiro atoms. The van der Waals surface area contributed by atoms with Crippen molar-refractivity contribution in [3.63, 3.8) is 0 Å². The Morgan fingerprint density at radius 3 is 2.54 bits per heavy atom. The standard InChI is InChI=1S/C19H24N2O3/c1-23-19-12-16(13-21-10-6-17(22)7-11-21)2-3-18(19)24-14-15-4-8-20-9-5-15/h2-5,8-9,12,17,22H,6-7,10-11,13-14H2,1H3. The lowest BCUT2D eigenvalue weighted by Gasteiger charge is -2.29. The van der Waals surface area contributed by atoms with Crippen LogP contribution in [0.25, 0.3) is 0 Å². The van der Waals surface area contributed by atoms with Gasteiger partial charge in [-0.15, -0.1) is 0 Å². The van der Waals surface area contributed by atoms with Crippen LogP contribution in [-0.4, -0.2) is 41.3 Å². The number of ether oxygens (including phenoxy) is 2. The summed E-state index contributed by atoms with van der Waals surface area (Å²) in [5.41, 5.74) is 2.27. The molecule has 2 heterocycles. The molecule has 1 N–H and O–H groups in total. The zero-order chi connectivity index (χ0) is 16.8. The monoisotopic (exact) mass is 328 g/mol. The summed E-state index contributed by atoms with van der Waals surface area (Å²) < 4.78 is 11.4. The van der Waals surface area contributed by atoms with Crippen molar-refractivity contribution < 1.29 is 14.6 Å². The molecule has 1 fully saturated rings. The van der Waals surface area contributed by atoms with Crippen LogP contribution < -0.4 is 9.47 Å². The second-order valence-electron chi connectivity index (χ2n) is 6.14. The molecule has 24 heavy (non-hydrogen) atoms. The Hall–Kier alpha value is -2.11. The van der Waals surface area contributed by atoms with Gasteiger partial charge in [-0.05, 0) is 48.2 Å². The second kappa shape index (κ2) is 8.13. The first-order valence-electron chi connectivity index (χ1n) is 8.33. The van der Waals surface area contributed by atoms with Crippen LogP contribution in [0.15, 0.2) is 42.7 Å². The average molecular weight is 328 g/mol. The Labute approximate surface area is 142 Å². The van der Waals surface area contributed by atoms with Gasteiger partial charge < -0.3 is 14.6 Å². The smallest absolute Gasteiger partial charge is 0.161 e. The van der Waals surface area contributed by atoms with Gasteiger partial charge in [-0.3, -0.25) is 9.88 Å². The summed E-state index contributed by atoms with van der Waals surface area (Å²) in [7, 11) is 1.66. The van der Waals surface area contributed by atoms with Crippen LogP contribution in [0, 0.1) is 0 Å². The highest BCUT2D eigenvalue weighted by Crippen LogP contribution is 2.29. The van der Waals surface area contributed by atoms with E-state index in [9.17, 15) is 5.11 Å². The molecule has 0 radical (unpaired) electrons. The minimum atomic E-state index is -0.139. The minimum absolute atomic E-state index is 0.139. The largest absolute Gasteiger partial charge is 0.493 e. The molecule has 2 aromatic rings. The van der Waals surface area contributed by atoms with Crippen LogP contribution in [0.3, 0.4) is 0 Å². The Morgan fingerprint density at radius 2 is 1.83 bits per heavy atom. The van der Waals surface area contributed by atoms with Crippen LogP contribution >= 0.6 is 0 Å². The van der Waals surface area contributed by atoms with Crippen molar-refractivity contribution in [1.29, 1.82) is 0 Å². The van der Waals surface area contributed by atoms with Gasteiger partial charge in [-0.1, -0.05) is 6.07 Å². The van der Waals surface area contributed by atoms with E-state index in [-0.39, 0.29) is 6.10 Å². The Balaban J connectivity index is 1.62. The number of likely N-dealkylation sites (tertiary alicyclic amines) is 1. The van der Waals surface area contributed by atoms with Gasteiger partial charge in [0.25, 0.3) is 0 Å². The summed E-state index contributed by atoms with van der Waals surface area (Å²) in [6, 6.07) is 9.95. The quantitative estimate of drug-likeness (QED) is 0.883. The Morgan fingerprint density at radius 1 is 1.08 bits per heavy atom. The number of nitrogens with zero attached hydrogens (tertiary/aromatic N) is 2. The highest BCUT2D eigenvalue weighted by atomic mass is 16.5. The number of methoxy groups -OCH3 is 1. The molecule has 1 aromatic heterocycles. The summed E-state index contributed by atoms with van der Waals surface area (Å²) in [4.78, 5) is 6.37. The van der Waals surface area contributed by atoms with E-state index >= 15 is 0 Å². The normalized spacial score (nSPS) is 16.1. The van der Waals surface area contributed by atoms with Gasteiger partial charge in [0.15, 0.2) is 11.5 Å². The van der Waals surface area contributed by atoms with E-state index in [1.807, 2.05) is 24.3 Å². The number of aliphatic hydroxyl groups is 1. The van der Waals surface area contributed by atoms with E-state index in [4.69, 9.17) is 9.47 Å². The lowest BCUT2D eigenvalue weighted by Crippen LogP contribution is -2.35. The van der Waals surface area contributed by atoms with E-state index in [1.165, 1.54) is 5.56 Å². The fourth-order valence-electron chi connectivity index (χ4n) is 2.91. The molecule has 5 nitrogen and oxygen atoms in total. The number of hydrogen-bond acceptors (Lipinski definition) is 5. The van der Waals surface area contributed by atoms with Gasteiger partial charge in [-0.25, -0.2) is 0 Å². The van der Waals surface area contributed by atoms with Gasteiger partial charge in [0, 0.05) is 32.0 Å². The van der Waals surface area contributed by atoms with Crippen LogP contribution in [-0.2, 0) is 13.2 Å². The van der Waals surface area contributed by atoms with Crippen molar-refractivity contribution in [3.05, 3.63) is 53.9 Å². The number of aliphatic hydroxyl groups excluding tert-OH is 1. The molecule has 128 valence electrons. The summed E-state index contributed by atoms with van der Waals surface area (Å²) in [6.45, 7) is 3.23. The maximum Gasteiger partial charge on any atom is 0.161 e. The number of rotatable bonds is 6. The van der Waals surface area contributed by atoms with Gasteiger partial charge in [0.1, 0.15) is 6.61 Å². The van der Waals surface area contributed by atoms with Crippen LogP contribution in [0.4, 0.5) is 0 Å². The molecule has 1 aliphatic heterocycles. The minimum Gasteiger partial charge on any atom is -0.493 e. The van der Waals surface area contributed by atoms with E-state index in [0.717, 1.165) is 49.5 Å². The van der Waals surface area contributed by atoms with Gasteiger partial charge in [0.05, 0.1) is 13.2 Å². The van der Waals surface area contributed by atoms with Crippen LogP contribution in [0.2, 0.25) is 0 Å². The van der Waals surface area contributed by atoms with E-state index in [2.05, 4.69) is 16.0 Å². The van der Waals surface area contributed by atoms with Crippen molar-refractivity contribution in [3.8, 4) is 11.5 Å². The zero-order valence-corrected chi connectivity index (χ0v) is 14.0. The molecule has 1 aliphatic rings. The molecule has 0 amide bonds. The zero-order valence-electron chi connectivity index (χ0n) is 14.0. The highest BCUT2D eigenvalue weighted by Gasteiger charge is 2.17. The second-order valence-corrected chi connectivity index (χ2v) is 6.14. The fraction of sp³-hybridized carbons (Fsp3) is 0.421. The first kappa shape index (κ1) is 16.7. The number of piperidine rings is 1. The average Bonchev–Trinajstić information content (AvgIpc) is 2.63. The lowest BCUT2D eigenvalue weighted by atomic mass is 10.1. The molecule has 0 atom stereocenters. The van der Waals surface area contributed by atoms with E-state index in [0.29, 0.717) is 6.61 Å². The molecule has 1 aromatic carbocycles. The fourth-order valence-corrected chi connectivity index (χ4v) is 2.91. The molecule has 5 heteroatoms. The third-order valence-corrected chi connectivity index (χ3v) is 4.34. The predicted octanol–water partition coefficient (Wildman–Crippen LogP) is 2.63. The summed E-state index contributed by atoms with van der Waals surface area (Å²) in [5, 5.41) is 9.60. The lowest BCUT2D eigenvalue weighted by molar-refractivity contribution is 0.0792. The molecule has 0 saturated carbocycles. The molecular weight excluding hydrogens is 304 g/mol. The van der Waals surface area contributed by atoms with Crippen molar-refractivity contribution in [2.45, 2.75) is 32.1 Å². The molecule has 0 aliphatic carbocycles. The first-order valence-corrected chi connectivity index (χ1v) is 8.33. The summed E-state index contributed by atoms with van der Waals surface area (Å²) in [5.74, 6) is 1.49. The summed E-state index contributed by atoms with van der Waals surface area (Å²) >= 11 is 0. The van der Waals surface area contributed by atoms with Crippen molar-refractivity contribution in [2.24, 2.45) is 0 Å². The Kier molecular flexibility index (Phi) is 5.67. The van der Waals surface area contributed by atoms with Crippen LogP contribution in [0.1, 0.15) is 24.0 Å². The van der Waals surface area contributed by atoms with Gasteiger partial charge in [0.2, 0.25) is 0 Å². The molecule has 0 bridgehead atoms. The Bertz CT molecular complexity index is 640. The first-order chi connectivity index (χ1) is 11.7. The van der Waals surface area contributed by atoms with E-state index < -0.39 is 0 Å². The van der Waals surface area contributed by atoms with Crippen molar-refractivity contribution in [1.82, 2.24) is 9.88 Å². The molecule has 1 saturated heterocycles. The van der Waals surface area contributed by atoms with Gasteiger partial charge >= 0.3 is 0 Å².